The molecule has 0 N–H and O–H groups in total. The van der Waals surface area contributed by atoms with Crippen LogP contribution in [0, 0.1) is 0 Å². The average Bonchev–Trinajstić information content (AvgIpc) is 2.18. The summed E-state index contributed by atoms with van der Waals surface area (Å²) in [7, 11) is 5.44. The van der Waals surface area contributed by atoms with E-state index in [1.54, 1.807) is 0 Å². The van der Waals surface area contributed by atoms with E-state index >= 15 is 0 Å². The highest BCUT2D eigenvalue weighted by Crippen LogP contribution is 2.12. The SMILES string of the molecule is [B]Cc1ccc(C(=O)SCC)cc1. The summed E-state index contributed by atoms with van der Waals surface area (Å²) in [6.07, 6.45) is 0.523. The van der Waals surface area contributed by atoms with E-state index in [0.29, 0.717) is 6.32 Å². The van der Waals surface area contributed by atoms with Crippen molar-refractivity contribution in [2.24, 2.45) is 0 Å². The topological polar surface area (TPSA) is 17.1 Å². The summed E-state index contributed by atoms with van der Waals surface area (Å²) in [6, 6.07) is 7.44. The van der Waals surface area contributed by atoms with Crippen molar-refractivity contribution in [1.82, 2.24) is 0 Å². The number of hydrogen-bond donors (Lipinski definition) is 0. The second kappa shape index (κ2) is 5.13. The molecule has 1 aromatic rings. The molecule has 0 aliphatic heterocycles. The van der Waals surface area contributed by atoms with E-state index in [1.807, 2.05) is 31.2 Å². The average molecular weight is 190 g/mol. The maximum atomic E-state index is 11.4. The van der Waals surface area contributed by atoms with Gasteiger partial charge in [0, 0.05) is 5.56 Å². The molecule has 0 aliphatic carbocycles. The van der Waals surface area contributed by atoms with Crippen molar-refractivity contribution in [1.29, 1.82) is 0 Å². The van der Waals surface area contributed by atoms with Crippen molar-refractivity contribution in [3.63, 3.8) is 0 Å². The van der Waals surface area contributed by atoms with Crippen molar-refractivity contribution < 1.29 is 4.79 Å². The van der Waals surface area contributed by atoms with Gasteiger partial charge in [0.15, 0.2) is 0 Å². The van der Waals surface area contributed by atoms with Crippen LogP contribution in [0.1, 0.15) is 22.8 Å². The Morgan fingerprint density at radius 2 is 2.00 bits per heavy atom. The van der Waals surface area contributed by atoms with Crippen LogP contribution in [-0.4, -0.2) is 18.7 Å². The Balaban J connectivity index is 2.74. The monoisotopic (exact) mass is 190 g/mol. The maximum absolute atomic E-state index is 11.4. The summed E-state index contributed by atoms with van der Waals surface area (Å²) < 4.78 is 0. The van der Waals surface area contributed by atoms with Crippen molar-refractivity contribution in [3.05, 3.63) is 35.4 Å². The number of benzene rings is 1. The van der Waals surface area contributed by atoms with Crippen molar-refractivity contribution >= 4 is 24.7 Å². The van der Waals surface area contributed by atoms with Gasteiger partial charge in [0.05, 0.1) is 7.85 Å². The second-order valence-electron chi connectivity index (χ2n) is 2.62. The summed E-state index contributed by atoms with van der Waals surface area (Å²) in [6.45, 7) is 1.97. The van der Waals surface area contributed by atoms with Gasteiger partial charge in [-0.3, -0.25) is 4.79 Å². The van der Waals surface area contributed by atoms with Crippen LogP contribution < -0.4 is 0 Å². The lowest BCUT2D eigenvalue weighted by Gasteiger charge is -2.00. The Morgan fingerprint density at radius 3 is 2.46 bits per heavy atom. The van der Waals surface area contributed by atoms with Crippen LogP contribution in [0.3, 0.4) is 0 Å². The summed E-state index contributed by atoms with van der Waals surface area (Å²) in [5.74, 6) is 0.817. The Morgan fingerprint density at radius 1 is 1.38 bits per heavy atom. The normalized spacial score (nSPS) is 9.92. The first-order chi connectivity index (χ1) is 6.27. The minimum Gasteiger partial charge on any atom is -0.282 e. The van der Waals surface area contributed by atoms with Crippen LogP contribution in [0.25, 0.3) is 0 Å². The largest absolute Gasteiger partial charge is 0.282 e. The summed E-state index contributed by atoms with van der Waals surface area (Å²) in [4.78, 5) is 11.4. The maximum Gasteiger partial charge on any atom is 0.219 e. The molecule has 1 rings (SSSR count). The fraction of sp³-hybridized carbons (Fsp3) is 0.300. The second-order valence-corrected chi connectivity index (χ2v) is 3.86. The molecule has 3 heteroatoms. The third-order valence-corrected chi connectivity index (χ3v) is 2.49. The van der Waals surface area contributed by atoms with Gasteiger partial charge < -0.3 is 0 Å². The zero-order valence-electron chi connectivity index (χ0n) is 7.62. The van der Waals surface area contributed by atoms with Gasteiger partial charge in [-0.05, 0) is 5.75 Å². The van der Waals surface area contributed by atoms with E-state index in [1.165, 1.54) is 11.8 Å². The van der Waals surface area contributed by atoms with Crippen LogP contribution in [0.4, 0.5) is 0 Å². The van der Waals surface area contributed by atoms with Crippen molar-refractivity contribution in [3.8, 4) is 0 Å². The van der Waals surface area contributed by atoms with Crippen LogP contribution in [0.2, 0.25) is 0 Å². The molecule has 0 fully saturated rings. The fourth-order valence-corrected chi connectivity index (χ4v) is 1.56. The van der Waals surface area contributed by atoms with Gasteiger partial charge in [-0.15, -0.1) is 0 Å². The molecule has 0 unspecified atom stereocenters. The third kappa shape index (κ3) is 2.92. The zero-order valence-corrected chi connectivity index (χ0v) is 8.43. The Labute approximate surface area is 84.3 Å². The molecule has 0 spiro atoms. The van der Waals surface area contributed by atoms with E-state index in [4.69, 9.17) is 7.85 Å². The molecule has 0 bridgehead atoms. The van der Waals surface area contributed by atoms with E-state index < -0.39 is 0 Å². The molecule has 1 nitrogen and oxygen atoms in total. The lowest BCUT2D eigenvalue weighted by molar-refractivity contribution is 0.108. The first-order valence-corrected chi connectivity index (χ1v) is 5.22. The highest BCUT2D eigenvalue weighted by Gasteiger charge is 2.03. The molecule has 1 aromatic carbocycles. The molecule has 0 atom stereocenters. The van der Waals surface area contributed by atoms with E-state index in [9.17, 15) is 4.79 Å². The molecule has 0 aliphatic rings. The van der Waals surface area contributed by atoms with Gasteiger partial charge in [-0.25, -0.2) is 0 Å². The summed E-state index contributed by atoms with van der Waals surface area (Å²) in [5, 5.41) is 0.131. The first kappa shape index (κ1) is 10.4. The van der Waals surface area contributed by atoms with E-state index in [0.717, 1.165) is 16.9 Å². The molecule has 13 heavy (non-hydrogen) atoms. The van der Waals surface area contributed by atoms with Crippen LogP contribution in [0.5, 0.6) is 0 Å². The first-order valence-electron chi connectivity index (χ1n) is 4.24. The standard InChI is InChI=1S/C10H11BOS/c1-2-13-10(12)9-5-3-8(7-11)4-6-9/h3-6H,2,7H2,1H3. The number of hydrogen-bond acceptors (Lipinski definition) is 2. The predicted molar refractivity (Wildman–Crippen MR) is 58.4 cm³/mol. The fourth-order valence-electron chi connectivity index (χ4n) is 0.991. The van der Waals surface area contributed by atoms with E-state index in [-0.39, 0.29) is 5.12 Å². The molecule has 66 valence electrons. The molecular formula is C10H11BOS. The van der Waals surface area contributed by atoms with Gasteiger partial charge in [0.2, 0.25) is 5.12 Å². The predicted octanol–water partition coefficient (Wildman–Crippen LogP) is 2.25. The third-order valence-electron chi connectivity index (χ3n) is 1.70. The van der Waals surface area contributed by atoms with Crippen LogP contribution >= 0.6 is 11.8 Å². The van der Waals surface area contributed by atoms with Crippen LogP contribution in [-0.2, 0) is 6.32 Å². The lowest BCUT2D eigenvalue weighted by atomic mass is 9.96. The quantitative estimate of drug-likeness (QED) is 0.680. The molecule has 2 radical (unpaired) electrons. The minimum atomic E-state index is 0.131. The minimum absolute atomic E-state index is 0.131. The Hall–Kier alpha value is -0.695. The number of rotatable bonds is 3. The molecular weight excluding hydrogens is 179 g/mol. The molecule has 0 saturated carbocycles. The van der Waals surface area contributed by atoms with Crippen LogP contribution in [0.15, 0.2) is 24.3 Å². The molecule has 0 amide bonds. The summed E-state index contributed by atoms with van der Waals surface area (Å²) in [5.41, 5.74) is 1.81. The van der Waals surface area contributed by atoms with Crippen molar-refractivity contribution in [2.75, 3.05) is 5.75 Å². The van der Waals surface area contributed by atoms with Gasteiger partial charge in [-0.2, -0.15) is 0 Å². The van der Waals surface area contributed by atoms with Gasteiger partial charge in [-0.1, -0.05) is 54.8 Å². The smallest absolute Gasteiger partial charge is 0.219 e. The highest BCUT2D eigenvalue weighted by molar-refractivity contribution is 8.14. The van der Waals surface area contributed by atoms with Gasteiger partial charge >= 0.3 is 0 Å². The molecule has 0 heterocycles. The highest BCUT2D eigenvalue weighted by atomic mass is 32.2. The lowest BCUT2D eigenvalue weighted by Crippen LogP contribution is -1.94. The van der Waals surface area contributed by atoms with Crippen molar-refractivity contribution in [2.45, 2.75) is 13.2 Å². The van der Waals surface area contributed by atoms with Gasteiger partial charge in [0.25, 0.3) is 0 Å². The Kier molecular flexibility index (Phi) is 4.09. The Bertz CT molecular complexity index is 281. The molecule has 0 aromatic heterocycles. The zero-order chi connectivity index (χ0) is 9.68. The summed E-state index contributed by atoms with van der Waals surface area (Å²) >= 11 is 1.33. The number of thioether (sulfide) groups is 1. The van der Waals surface area contributed by atoms with Gasteiger partial charge in [0.1, 0.15) is 0 Å². The van der Waals surface area contributed by atoms with E-state index in [2.05, 4.69) is 0 Å². The molecule has 0 saturated heterocycles. The number of carbonyl (C=O) groups excluding carboxylic acids is 1. The number of carbonyl (C=O) groups is 1.